The highest BCUT2D eigenvalue weighted by Gasteiger charge is 2.50. The van der Waals surface area contributed by atoms with Crippen molar-refractivity contribution in [2.24, 2.45) is 11.8 Å². The Morgan fingerprint density at radius 1 is 1.13 bits per heavy atom. The van der Waals surface area contributed by atoms with Crippen molar-refractivity contribution in [2.45, 2.75) is 44.0 Å². The number of aryl methyl sites for hydroxylation is 1. The van der Waals surface area contributed by atoms with Gasteiger partial charge in [0, 0.05) is 18.3 Å². The fourth-order valence-electron chi connectivity index (χ4n) is 4.38. The van der Waals surface area contributed by atoms with E-state index >= 15 is 0 Å². The Balaban J connectivity index is 1.41. The molecule has 1 saturated heterocycles. The van der Waals surface area contributed by atoms with Gasteiger partial charge in [0.1, 0.15) is 12.2 Å². The van der Waals surface area contributed by atoms with Gasteiger partial charge in [-0.3, -0.25) is 4.79 Å². The molecule has 1 heterocycles. The molecule has 0 bridgehead atoms. The highest BCUT2D eigenvalue weighted by atomic mass is 16.6. The van der Waals surface area contributed by atoms with Crippen LogP contribution in [0.2, 0.25) is 0 Å². The summed E-state index contributed by atoms with van der Waals surface area (Å²) < 4.78 is 11.2. The molecule has 2 aliphatic rings. The van der Waals surface area contributed by atoms with Crippen LogP contribution >= 0.6 is 0 Å². The third-order valence-corrected chi connectivity index (χ3v) is 5.95. The summed E-state index contributed by atoms with van der Waals surface area (Å²) in [5.41, 5.74) is 1.67. The summed E-state index contributed by atoms with van der Waals surface area (Å²) >= 11 is 0. The van der Waals surface area contributed by atoms with Crippen LogP contribution in [0.3, 0.4) is 0 Å². The van der Waals surface area contributed by atoms with Crippen molar-refractivity contribution < 1.29 is 24.2 Å². The van der Waals surface area contributed by atoms with Crippen LogP contribution in [0.5, 0.6) is 0 Å². The first-order valence-electron chi connectivity index (χ1n) is 10.5. The van der Waals surface area contributed by atoms with Crippen LogP contribution in [0.15, 0.2) is 72.8 Å². The molecular weight excluding hydrogens is 380 g/mol. The Labute approximate surface area is 176 Å². The van der Waals surface area contributed by atoms with E-state index in [0.29, 0.717) is 24.8 Å². The van der Waals surface area contributed by atoms with Gasteiger partial charge in [0.25, 0.3) is 0 Å². The minimum atomic E-state index is -0.604. The van der Waals surface area contributed by atoms with Crippen LogP contribution in [0, 0.1) is 11.8 Å². The van der Waals surface area contributed by atoms with Crippen molar-refractivity contribution in [3.05, 3.63) is 83.9 Å². The highest BCUT2D eigenvalue weighted by Crippen LogP contribution is 2.43. The molecule has 2 aromatic carbocycles. The fraction of sp³-hybridized carbons (Fsp3) is 0.360. The predicted molar refractivity (Wildman–Crippen MR) is 112 cm³/mol. The number of fused-ring (bicyclic) bond motifs is 1. The lowest BCUT2D eigenvalue weighted by molar-refractivity contribution is -0.141. The summed E-state index contributed by atoms with van der Waals surface area (Å²) in [6.45, 7) is 0. The van der Waals surface area contributed by atoms with Crippen molar-refractivity contribution in [3.8, 4) is 0 Å². The Kier molecular flexibility index (Phi) is 6.29. The Morgan fingerprint density at radius 2 is 1.83 bits per heavy atom. The molecule has 0 spiro atoms. The molecule has 156 valence electrons. The molecule has 2 fully saturated rings. The molecule has 1 aliphatic heterocycles. The first-order valence-corrected chi connectivity index (χ1v) is 10.5. The molecular formula is C25H26O5. The summed E-state index contributed by atoms with van der Waals surface area (Å²) in [5.74, 6) is -0.764. The van der Waals surface area contributed by atoms with Crippen LogP contribution in [-0.4, -0.2) is 35.4 Å². The van der Waals surface area contributed by atoms with Crippen LogP contribution in [0.1, 0.15) is 35.2 Å². The maximum atomic E-state index is 12.5. The van der Waals surface area contributed by atoms with Gasteiger partial charge in [-0.05, 0) is 30.5 Å². The number of hydrogen-bond acceptors (Lipinski definition) is 5. The molecule has 30 heavy (non-hydrogen) atoms. The zero-order chi connectivity index (χ0) is 20.9. The van der Waals surface area contributed by atoms with Gasteiger partial charge in [-0.15, -0.1) is 0 Å². The van der Waals surface area contributed by atoms with Gasteiger partial charge in [-0.25, -0.2) is 4.79 Å². The Bertz CT molecular complexity index is 892. The molecule has 1 saturated carbocycles. The minimum absolute atomic E-state index is 0.0244. The van der Waals surface area contributed by atoms with Crippen LogP contribution < -0.4 is 0 Å². The molecule has 5 heteroatoms. The topological polar surface area (TPSA) is 72.8 Å². The number of aliphatic hydroxyl groups is 1. The van der Waals surface area contributed by atoms with Crippen LogP contribution in [0.4, 0.5) is 0 Å². The van der Waals surface area contributed by atoms with Gasteiger partial charge in [0.15, 0.2) is 0 Å². The molecule has 0 radical (unpaired) electrons. The minimum Gasteiger partial charge on any atom is -0.462 e. The summed E-state index contributed by atoms with van der Waals surface area (Å²) in [6.07, 6.45) is 4.65. The highest BCUT2D eigenvalue weighted by molar-refractivity contribution is 5.89. The van der Waals surface area contributed by atoms with Crippen molar-refractivity contribution >= 4 is 11.9 Å². The standard InChI is InChI=1S/C25H26O5/c26-19(12-11-17-7-3-1-4-8-17)13-14-20-21-15-24(27)29-23(21)16-22(20)30-25(28)18-9-5-2-6-10-18/h1-10,13-14,19-23,26H,11-12,15-16H2/b14-13+/t19-,20+,21+,22+,23?/m0/s1. The first-order chi connectivity index (χ1) is 14.6. The van der Waals surface area contributed by atoms with Gasteiger partial charge >= 0.3 is 11.9 Å². The molecule has 0 amide bonds. The summed E-state index contributed by atoms with van der Waals surface area (Å²) in [7, 11) is 0. The summed E-state index contributed by atoms with van der Waals surface area (Å²) in [5, 5.41) is 10.4. The molecule has 5 atom stereocenters. The number of rotatable bonds is 7. The van der Waals surface area contributed by atoms with Crippen molar-refractivity contribution in [1.29, 1.82) is 0 Å². The zero-order valence-electron chi connectivity index (χ0n) is 16.7. The zero-order valence-corrected chi connectivity index (χ0v) is 16.7. The van der Waals surface area contributed by atoms with E-state index in [1.165, 1.54) is 5.56 Å². The maximum Gasteiger partial charge on any atom is 0.338 e. The SMILES string of the molecule is O=C1C[C@H]2C(C[C@@H](OC(=O)c3ccccc3)[C@@H]2/C=C/[C@@H](O)CCc2ccccc2)O1. The molecule has 2 aromatic rings. The number of carbonyl (C=O) groups excluding carboxylic acids is 2. The molecule has 1 aliphatic carbocycles. The average Bonchev–Trinajstić information content (AvgIpc) is 3.27. The molecule has 4 rings (SSSR count). The quantitative estimate of drug-likeness (QED) is 0.561. The van der Waals surface area contributed by atoms with E-state index in [9.17, 15) is 14.7 Å². The van der Waals surface area contributed by atoms with Gasteiger partial charge in [-0.2, -0.15) is 0 Å². The van der Waals surface area contributed by atoms with Crippen LogP contribution in [0.25, 0.3) is 0 Å². The fourth-order valence-corrected chi connectivity index (χ4v) is 4.38. The number of carbonyl (C=O) groups is 2. The van der Waals surface area contributed by atoms with Gasteiger partial charge in [0.05, 0.1) is 18.1 Å². The third-order valence-electron chi connectivity index (χ3n) is 5.95. The Hall–Kier alpha value is -2.92. The van der Waals surface area contributed by atoms with Gasteiger partial charge < -0.3 is 14.6 Å². The number of benzene rings is 2. The van der Waals surface area contributed by atoms with Gasteiger partial charge in [-0.1, -0.05) is 60.7 Å². The normalized spacial score (nSPS) is 26.4. The second-order valence-electron chi connectivity index (χ2n) is 8.00. The molecule has 1 unspecified atom stereocenters. The first kappa shape index (κ1) is 20.4. The van der Waals surface area contributed by atoms with Crippen molar-refractivity contribution in [2.75, 3.05) is 0 Å². The van der Waals surface area contributed by atoms with E-state index in [2.05, 4.69) is 0 Å². The molecule has 0 aromatic heterocycles. The monoisotopic (exact) mass is 406 g/mol. The molecule has 5 nitrogen and oxygen atoms in total. The maximum absolute atomic E-state index is 12.5. The number of aliphatic hydroxyl groups excluding tert-OH is 1. The second kappa shape index (κ2) is 9.26. The predicted octanol–water partition coefficient (Wildman–Crippen LogP) is 3.71. The van der Waals surface area contributed by atoms with E-state index in [1.54, 1.807) is 30.3 Å². The van der Waals surface area contributed by atoms with Crippen molar-refractivity contribution in [3.63, 3.8) is 0 Å². The van der Waals surface area contributed by atoms with E-state index in [-0.39, 0.29) is 36.0 Å². The summed E-state index contributed by atoms with van der Waals surface area (Å²) in [4.78, 5) is 24.3. The number of ether oxygens (including phenoxy) is 2. The van der Waals surface area contributed by atoms with Crippen LogP contribution in [-0.2, 0) is 20.7 Å². The average molecular weight is 406 g/mol. The third kappa shape index (κ3) is 4.79. The molecule has 1 N–H and O–H groups in total. The van der Waals surface area contributed by atoms with E-state index in [0.717, 1.165) is 6.42 Å². The van der Waals surface area contributed by atoms with Gasteiger partial charge in [0.2, 0.25) is 0 Å². The summed E-state index contributed by atoms with van der Waals surface area (Å²) in [6, 6.07) is 18.9. The Morgan fingerprint density at radius 3 is 2.57 bits per heavy atom. The second-order valence-corrected chi connectivity index (χ2v) is 8.00. The van der Waals surface area contributed by atoms with Crippen molar-refractivity contribution in [1.82, 2.24) is 0 Å². The smallest absolute Gasteiger partial charge is 0.338 e. The lowest BCUT2D eigenvalue weighted by atomic mass is 9.91. The number of esters is 2. The van der Waals surface area contributed by atoms with E-state index in [4.69, 9.17) is 9.47 Å². The largest absolute Gasteiger partial charge is 0.462 e. The van der Waals surface area contributed by atoms with E-state index < -0.39 is 6.10 Å². The number of hydrogen-bond donors (Lipinski definition) is 1. The lowest BCUT2D eigenvalue weighted by Gasteiger charge is -2.20. The lowest BCUT2D eigenvalue weighted by Crippen LogP contribution is -2.25. The van der Waals surface area contributed by atoms with E-state index in [1.807, 2.05) is 42.5 Å².